The highest BCUT2D eigenvalue weighted by Gasteiger charge is 2.11. The molecular formula is C14H17BrN2O3. The van der Waals surface area contributed by atoms with Crippen molar-refractivity contribution in [1.82, 2.24) is 10.1 Å². The highest BCUT2D eigenvalue weighted by Crippen LogP contribution is 2.28. The van der Waals surface area contributed by atoms with Gasteiger partial charge in [0.05, 0.1) is 6.61 Å². The van der Waals surface area contributed by atoms with Crippen molar-refractivity contribution in [2.75, 3.05) is 0 Å². The second-order valence-electron chi connectivity index (χ2n) is 4.51. The molecule has 1 N–H and O–H groups in total. The van der Waals surface area contributed by atoms with Crippen molar-refractivity contribution in [3.05, 3.63) is 39.4 Å². The highest BCUT2D eigenvalue weighted by molar-refractivity contribution is 9.10. The van der Waals surface area contributed by atoms with Gasteiger partial charge in [0, 0.05) is 16.5 Å². The minimum Gasteiger partial charge on any atom is -0.485 e. The van der Waals surface area contributed by atoms with Gasteiger partial charge in [-0.1, -0.05) is 28.0 Å². The van der Waals surface area contributed by atoms with Gasteiger partial charge in [0.1, 0.15) is 5.75 Å². The van der Waals surface area contributed by atoms with Gasteiger partial charge in [-0.25, -0.2) is 0 Å². The average Bonchev–Trinajstić information content (AvgIpc) is 2.85. The number of aliphatic hydroxyl groups is 1. The molecule has 0 radical (unpaired) electrons. The van der Waals surface area contributed by atoms with Crippen molar-refractivity contribution in [1.29, 1.82) is 0 Å². The van der Waals surface area contributed by atoms with Crippen LogP contribution in [0.3, 0.4) is 0 Å². The Labute approximate surface area is 126 Å². The van der Waals surface area contributed by atoms with E-state index in [1.807, 2.05) is 19.1 Å². The van der Waals surface area contributed by atoms with Crippen molar-refractivity contribution >= 4 is 15.9 Å². The molecule has 2 aromatic rings. The third-order valence-corrected chi connectivity index (χ3v) is 3.26. The molecule has 0 aliphatic heterocycles. The van der Waals surface area contributed by atoms with Crippen molar-refractivity contribution in [2.24, 2.45) is 0 Å². The predicted octanol–water partition coefficient (Wildman–Crippen LogP) is 3.16. The smallest absolute Gasteiger partial charge is 0.226 e. The molecule has 0 aliphatic rings. The quantitative estimate of drug-likeness (QED) is 0.874. The van der Waals surface area contributed by atoms with Gasteiger partial charge < -0.3 is 14.4 Å². The summed E-state index contributed by atoms with van der Waals surface area (Å²) in [5, 5.41) is 13.3. The number of aliphatic hydroxyl groups excluding tert-OH is 1. The lowest BCUT2D eigenvalue weighted by Gasteiger charge is -2.12. The number of nitrogens with zero attached hydrogens (tertiary/aromatic N) is 2. The van der Waals surface area contributed by atoms with Crippen LogP contribution in [0.5, 0.6) is 5.75 Å². The molecule has 0 aliphatic carbocycles. The standard InChI is InChI=1S/C14H17BrN2O3/c1-3-4-13-16-12(17-20-13)8-19-14-9(2)5-11(15)6-10(14)7-18/h5-6,18H,3-4,7-8H2,1-2H3. The predicted molar refractivity (Wildman–Crippen MR) is 77.4 cm³/mol. The fourth-order valence-electron chi connectivity index (χ4n) is 1.92. The largest absolute Gasteiger partial charge is 0.485 e. The van der Waals surface area contributed by atoms with Gasteiger partial charge in [0.15, 0.2) is 6.61 Å². The fraction of sp³-hybridized carbons (Fsp3) is 0.429. The summed E-state index contributed by atoms with van der Waals surface area (Å²) in [7, 11) is 0. The van der Waals surface area contributed by atoms with Crippen LogP contribution in [-0.4, -0.2) is 15.2 Å². The maximum Gasteiger partial charge on any atom is 0.226 e. The van der Waals surface area contributed by atoms with E-state index in [0.29, 0.717) is 17.5 Å². The normalized spacial score (nSPS) is 10.8. The van der Waals surface area contributed by atoms with E-state index >= 15 is 0 Å². The summed E-state index contributed by atoms with van der Waals surface area (Å²) in [6.07, 6.45) is 1.73. The van der Waals surface area contributed by atoms with E-state index in [2.05, 4.69) is 33.0 Å². The van der Waals surface area contributed by atoms with E-state index in [1.165, 1.54) is 0 Å². The number of hydrogen-bond donors (Lipinski definition) is 1. The van der Waals surface area contributed by atoms with E-state index < -0.39 is 0 Å². The van der Waals surface area contributed by atoms with E-state index in [4.69, 9.17) is 9.26 Å². The summed E-state index contributed by atoms with van der Waals surface area (Å²) in [5.74, 6) is 1.80. The van der Waals surface area contributed by atoms with Crippen LogP contribution >= 0.6 is 15.9 Å². The van der Waals surface area contributed by atoms with Gasteiger partial charge in [-0.05, 0) is 31.0 Å². The lowest BCUT2D eigenvalue weighted by atomic mass is 10.1. The molecule has 1 aromatic heterocycles. The molecule has 5 nitrogen and oxygen atoms in total. The molecule has 20 heavy (non-hydrogen) atoms. The molecule has 1 heterocycles. The molecular weight excluding hydrogens is 324 g/mol. The zero-order valence-electron chi connectivity index (χ0n) is 11.5. The van der Waals surface area contributed by atoms with Crippen LogP contribution in [0.15, 0.2) is 21.1 Å². The van der Waals surface area contributed by atoms with Gasteiger partial charge in [-0.3, -0.25) is 0 Å². The molecule has 1 aromatic carbocycles. The highest BCUT2D eigenvalue weighted by atomic mass is 79.9. The number of aromatic nitrogens is 2. The van der Waals surface area contributed by atoms with E-state index in [0.717, 1.165) is 28.4 Å². The molecule has 0 atom stereocenters. The summed E-state index contributed by atoms with van der Waals surface area (Å²) in [4.78, 5) is 4.24. The summed E-state index contributed by atoms with van der Waals surface area (Å²) in [6, 6.07) is 3.77. The number of halogens is 1. The van der Waals surface area contributed by atoms with Gasteiger partial charge in [0.2, 0.25) is 11.7 Å². The minimum absolute atomic E-state index is 0.0804. The molecule has 0 unspecified atom stereocenters. The van der Waals surface area contributed by atoms with Gasteiger partial charge >= 0.3 is 0 Å². The molecule has 0 bridgehead atoms. The third kappa shape index (κ3) is 3.58. The summed E-state index contributed by atoms with van der Waals surface area (Å²) in [5.41, 5.74) is 1.68. The Hall–Kier alpha value is -1.40. The first-order chi connectivity index (χ1) is 9.63. The lowest BCUT2D eigenvalue weighted by Crippen LogP contribution is -2.02. The summed E-state index contributed by atoms with van der Waals surface area (Å²) >= 11 is 3.40. The molecule has 2 rings (SSSR count). The van der Waals surface area contributed by atoms with Crippen molar-refractivity contribution in [3.8, 4) is 5.75 Å². The molecule has 0 fully saturated rings. The lowest BCUT2D eigenvalue weighted by molar-refractivity contribution is 0.251. The first-order valence-corrected chi connectivity index (χ1v) is 7.27. The maximum absolute atomic E-state index is 9.39. The molecule has 0 saturated heterocycles. The van der Waals surface area contributed by atoms with E-state index in [9.17, 15) is 5.11 Å². The molecule has 0 spiro atoms. The van der Waals surface area contributed by atoms with Crippen molar-refractivity contribution < 1.29 is 14.4 Å². The second-order valence-corrected chi connectivity index (χ2v) is 5.43. The van der Waals surface area contributed by atoms with Crippen LogP contribution < -0.4 is 4.74 Å². The second kappa shape index (κ2) is 6.85. The van der Waals surface area contributed by atoms with Gasteiger partial charge in [0.25, 0.3) is 0 Å². The number of aryl methyl sites for hydroxylation is 2. The Kier molecular flexibility index (Phi) is 5.14. The monoisotopic (exact) mass is 340 g/mol. The Balaban J connectivity index is 2.10. The fourth-order valence-corrected chi connectivity index (χ4v) is 2.54. The topological polar surface area (TPSA) is 68.4 Å². The molecule has 6 heteroatoms. The Morgan fingerprint density at radius 3 is 2.90 bits per heavy atom. The Bertz CT molecular complexity index is 584. The molecule has 0 saturated carbocycles. The number of hydrogen-bond acceptors (Lipinski definition) is 5. The molecule has 108 valence electrons. The van der Waals surface area contributed by atoms with Gasteiger partial charge in [-0.15, -0.1) is 0 Å². The van der Waals surface area contributed by atoms with Crippen LogP contribution in [0, 0.1) is 6.92 Å². The summed E-state index contributed by atoms with van der Waals surface area (Å²) in [6.45, 7) is 4.13. The van der Waals surface area contributed by atoms with Crippen LogP contribution in [-0.2, 0) is 19.6 Å². The van der Waals surface area contributed by atoms with Crippen LogP contribution in [0.4, 0.5) is 0 Å². The minimum atomic E-state index is -0.0804. The first kappa shape index (κ1) is 15.0. The van der Waals surface area contributed by atoms with Crippen molar-refractivity contribution in [3.63, 3.8) is 0 Å². The van der Waals surface area contributed by atoms with E-state index in [1.54, 1.807) is 0 Å². The average molecular weight is 341 g/mol. The van der Waals surface area contributed by atoms with Crippen LogP contribution in [0.1, 0.15) is 36.2 Å². The van der Waals surface area contributed by atoms with Crippen LogP contribution in [0.25, 0.3) is 0 Å². The Morgan fingerprint density at radius 1 is 1.40 bits per heavy atom. The number of benzene rings is 1. The van der Waals surface area contributed by atoms with Crippen molar-refractivity contribution in [2.45, 2.75) is 39.9 Å². The first-order valence-electron chi connectivity index (χ1n) is 6.48. The zero-order valence-corrected chi connectivity index (χ0v) is 13.1. The van der Waals surface area contributed by atoms with E-state index in [-0.39, 0.29) is 13.2 Å². The SMILES string of the molecule is CCCc1nc(COc2c(C)cc(Br)cc2CO)no1. The zero-order chi connectivity index (χ0) is 14.5. The number of ether oxygens (including phenoxy) is 1. The maximum atomic E-state index is 9.39. The Morgan fingerprint density at radius 2 is 2.20 bits per heavy atom. The van der Waals surface area contributed by atoms with Gasteiger partial charge in [-0.2, -0.15) is 4.98 Å². The third-order valence-electron chi connectivity index (χ3n) is 2.81. The molecule has 0 amide bonds. The summed E-state index contributed by atoms with van der Waals surface area (Å²) < 4.78 is 11.7. The number of rotatable bonds is 6. The van der Waals surface area contributed by atoms with Crippen LogP contribution in [0.2, 0.25) is 0 Å².